The third-order valence-electron chi connectivity index (χ3n) is 4.05. The van der Waals surface area contributed by atoms with Gasteiger partial charge in [-0.1, -0.05) is 0 Å². The van der Waals surface area contributed by atoms with Crippen molar-refractivity contribution in [1.82, 2.24) is 4.98 Å². The monoisotopic (exact) mass is 417 g/mol. The zero-order valence-electron chi connectivity index (χ0n) is 14.5. The van der Waals surface area contributed by atoms with E-state index in [9.17, 15) is 23.1 Å². The summed E-state index contributed by atoms with van der Waals surface area (Å²) in [5.41, 5.74) is -3.72. The second kappa shape index (κ2) is 6.95. The number of carbonyl (C=O) groups is 1. The number of aromatic carboxylic acids is 1. The molecule has 0 aliphatic carbocycles. The molecule has 2 N–H and O–H groups in total. The summed E-state index contributed by atoms with van der Waals surface area (Å²) in [5, 5.41) is 24.2. The Hall–Kier alpha value is -2.86. The number of rotatable bonds is 5. The van der Waals surface area contributed by atoms with Crippen LogP contribution in [0.1, 0.15) is 22.5 Å². The molecule has 1 aromatic heterocycles. The molecule has 0 radical (unpaired) electrons. The first-order chi connectivity index (χ1) is 13.1. The number of nitrogens with zero attached hydrogens (tertiary/aromatic N) is 3. The van der Waals surface area contributed by atoms with Crippen LogP contribution in [0.2, 0.25) is 0 Å². The Kier molecular flexibility index (Phi) is 4.93. The van der Waals surface area contributed by atoms with Crippen LogP contribution >= 0.6 is 11.3 Å². The van der Waals surface area contributed by atoms with Gasteiger partial charge in [-0.3, -0.25) is 0 Å². The van der Waals surface area contributed by atoms with Crippen molar-refractivity contribution >= 4 is 28.1 Å². The van der Waals surface area contributed by atoms with Gasteiger partial charge in [0.15, 0.2) is 5.69 Å². The Bertz CT molecular complexity index is 946. The molecule has 1 aliphatic rings. The van der Waals surface area contributed by atoms with E-state index >= 15 is 0 Å². The van der Waals surface area contributed by atoms with Crippen molar-refractivity contribution in [3.05, 3.63) is 34.8 Å². The fraction of sp³-hybridized carbons (Fsp3) is 0.312. The first kappa shape index (κ1) is 19.9. The Labute approximate surface area is 160 Å². The Balaban J connectivity index is 2.10. The van der Waals surface area contributed by atoms with Crippen LogP contribution in [0.25, 0.3) is 0 Å². The highest BCUT2D eigenvalue weighted by atomic mass is 32.1. The van der Waals surface area contributed by atoms with Gasteiger partial charge in [-0.05, 0) is 12.1 Å². The molecule has 0 unspecified atom stereocenters. The number of benzene rings is 1. The van der Waals surface area contributed by atoms with Crippen molar-refractivity contribution in [3.63, 3.8) is 0 Å². The topological polar surface area (TPSA) is 104 Å². The van der Waals surface area contributed by atoms with Crippen LogP contribution < -0.4 is 14.5 Å². The number of carboxylic acid groups (broad SMARTS) is 1. The average molecular weight is 417 g/mol. The molecule has 0 fully saturated rings. The minimum atomic E-state index is -5.09. The predicted molar refractivity (Wildman–Crippen MR) is 93.3 cm³/mol. The molecule has 2 heterocycles. The zero-order valence-corrected chi connectivity index (χ0v) is 15.3. The van der Waals surface area contributed by atoms with Crippen molar-refractivity contribution in [2.75, 3.05) is 19.2 Å². The molecule has 12 heteroatoms. The number of halogens is 3. The molecule has 3 rings (SSSR count). The lowest BCUT2D eigenvalue weighted by molar-refractivity contribution is -0.254. The van der Waals surface area contributed by atoms with Gasteiger partial charge >= 0.3 is 12.1 Å². The predicted octanol–water partition coefficient (Wildman–Crippen LogP) is 2.72. The third-order valence-corrected chi connectivity index (χ3v) is 4.87. The minimum Gasteiger partial charge on any atom is -0.497 e. The van der Waals surface area contributed by atoms with Crippen molar-refractivity contribution in [2.45, 2.75) is 18.3 Å². The third kappa shape index (κ3) is 3.24. The van der Waals surface area contributed by atoms with Gasteiger partial charge in [0.25, 0.3) is 5.72 Å². The average Bonchev–Trinajstić information content (AvgIpc) is 3.26. The SMILES string of the molecule is COc1ccc(C2=NN(c3nc(C(=O)O)cs3)[C@@](O)(C(F)(F)F)C2)c(OC)c1. The highest BCUT2D eigenvalue weighted by molar-refractivity contribution is 7.14. The Morgan fingerprint density at radius 1 is 1.32 bits per heavy atom. The maximum Gasteiger partial charge on any atom is 0.438 e. The van der Waals surface area contributed by atoms with E-state index in [1.54, 1.807) is 0 Å². The second-order valence-corrected chi connectivity index (χ2v) is 6.57. The maximum absolute atomic E-state index is 13.7. The molecule has 0 spiro atoms. The molecular formula is C16H14F3N3O5S. The van der Waals surface area contributed by atoms with Gasteiger partial charge in [0.1, 0.15) is 11.5 Å². The van der Waals surface area contributed by atoms with Crippen molar-refractivity contribution in [3.8, 4) is 11.5 Å². The summed E-state index contributed by atoms with van der Waals surface area (Å²) in [6.07, 6.45) is -5.99. The molecule has 0 bridgehead atoms. The summed E-state index contributed by atoms with van der Waals surface area (Å²) >= 11 is 0.622. The normalized spacial score (nSPS) is 19.5. The highest BCUT2D eigenvalue weighted by Crippen LogP contribution is 2.45. The lowest BCUT2D eigenvalue weighted by Gasteiger charge is -2.32. The van der Waals surface area contributed by atoms with Gasteiger partial charge in [-0.25, -0.2) is 9.78 Å². The molecule has 0 saturated heterocycles. The lowest BCUT2D eigenvalue weighted by Crippen LogP contribution is -2.55. The van der Waals surface area contributed by atoms with Crippen LogP contribution in [-0.2, 0) is 0 Å². The van der Waals surface area contributed by atoms with Gasteiger partial charge in [-0.15, -0.1) is 11.3 Å². The summed E-state index contributed by atoms with van der Waals surface area (Å²) in [5.74, 6) is -0.777. The van der Waals surface area contributed by atoms with E-state index in [0.29, 0.717) is 22.1 Å². The number of alkyl halides is 3. The van der Waals surface area contributed by atoms with Gasteiger partial charge in [0.05, 0.1) is 26.4 Å². The maximum atomic E-state index is 13.7. The molecular weight excluding hydrogens is 403 g/mol. The summed E-state index contributed by atoms with van der Waals surface area (Å²) < 4.78 is 51.3. The molecule has 150 valence electrons. The van der Waals surface area contributed by atoms with E-state index < -0.39 is 35.1 Å². The van der Waals surface area contributed by atoms with E-state index in [0.717, 1.165) is 5.38 Å². The zero-order chi connectivity index (χ0) is 20.7. The standard InChI is InChI=1S/C16H14F3N3O5S/c1-26-8-3-4-9(12(5-8)27-2)10-6-15(25,16(17,18)19)22(21-10)14-20-11(7-28-14)13(23)24/h3-5,7,25H,6H2,1-2H3,(H,23,24)/t15-/m0/s1. The molecule has 1 aromatic carbocycles. The number of hydrogen-bond acceptors (Lipinski definition) is 8. The van der Waals surface area contributed by atoms with Crippen LogP contribution in [-0.4, -0.2) is 53.0 Å². The van der Waals surface area contributed by atoms with Crippen LogP contribution in [0.3, 0.4) is 0 Å². The molecule has 2 aromatic rings. The molecule has 1 atom stereocenters. The number of anilines is 1. The van der Waals surface area contributed by atoms with Crippen LogP contribution in [0.5, 0.6) is 11.5 Å². The summed E-state index contributed by atoms with van der Waals surface area (Å²) in [7, 11) is 2.76. The number of hydrazone groups is 1. The second-order valence-electron chi connectivity index (χ2n) is 5.74. The van der Waals surface area contributed by atoms with E-state index in [2.05, 4.69) is 10.1 Å². The molecule has 0 amide bonds. The first-order valence-corrected chi connectivity index (χ1v) is 8.56. The highest BCUT2D eigenvalue weighted by Gasteiger charge is 2.62. The smallest absolute Gasteiger partial charge is 0.438 e. The van der Waals surface area contributed by atoms with E-state index in [1.165, 1.54) is 32.4 Å². The number of aromatic nitrogens is 1. The van der Waals surface area contributed by atoms with Gasteiger partial charge in [0, 0.05) is 17.0 Å². The van der Waals surface area contributed by atoms with E-state index in [1.807, 2.05) is 0 Å². The van der Waals surface area contributed by atoms with E-state index in [-0.39, 0.29) is 17.0 Å². The molecule has 1 aliphatic heterocycles. The van der Waals surface area contributed by atoms with Crippen LogP contribution in [0, 0.1) is 0 Å². The largest absolute Gasteiger partial charge is 0.497 e. The number of methoxy groups -OCH3 is 2. The van der Waals surface area contributed by atoms with Gasteiger partial charge in [-0.2, -0.15) is 23.3 Å². The lowest BCUT2D eigenvalue weighted by atomic mass is 10.00. The number of thiazole rings is 1. The summed E-state index contributed by atoms with van der Waals surface area (Å²) in [6, 6.07) is 4.45. The first-order valence-electron chi connectivity index (χ1n) is 7.68. The molecule has 28 heavy (non-hydrogen) atoms. The Morgan fingerprint density at radius 3 is 2.57 bits per heavy atom. The summed E-state index contributed by atoms with van der Waals surface area (Å²) in [4.78, 5) is 14.6. The van der Waals surface area contributed by atoms with E-state index in [4.69, 9.17) is 14.6 Å². The quantitative estimate of drug-likeness (QED) is 0.771. The minimum absolute atomic E-state index is 0.105. The number of carboxylic acids is 1. The fourth-order valence-electron chi connectivity index (χ4n) is 2.61. The fourth-order valence-corrected chi connectivity index (χ4v) is 3.43. The molecule has 0 saturated carbocycles. The number of ether oxygens (including phenoxy) is 2. The van der Waals surface area contributed by atoms with Crippen LogP contribution in [0.15, 0.2) is 28.7 Å². The Morgan fingerprint density at radius 2 is 2.04 bits per heavy atom. The van der Waals surface area contributed by atoms with Crippen molar-refractivity contribution in [1.29, 1.82) is 0 Å². The van der Waals surface area contributed by atoms with Crippen LogP contribution in [0.4, 0.5) is 18.3 Å². The number of aliphatic hydroxyl groups is 1. The summed E-state index contributed by atoms with van der Waals surface area (Å²) in [6.45, 7) is 0. The molecule has 8 nitrogen and oxygen atoms in total. The van der Waals surface area contributed by atoms with Gasteiger partial charge < -0.3 is 19.7 Å². The van der Waals surface area contributed by atoms with Crippen molar-refractivity contribution < 1.29 is 37.7 Å². The number of hydrogen-bond donors (Lipinski definition) is 2. The van der Waals surface area contributed by atoms with Crippen molar-refractivity contribution in [2.24, 2.45) is 5.10 Å². The van der Waals surface area contributed by atoms with Gasteiger partial charge in [0.2, 0.25) is 5.13 Å².